The van der Waals surface area contributed by atoms with Crippen molar-refractivity contribution in [3.63, 3.8) is 0 Å². The Morgan fingerprint density at radius 1 is 1.12 bits per heavy atom. The van der Waals surface area contributed by atoms with Gasteiger partial charge in [-0.15, -0.1) is 11.8 Å². The number of hydrogen-bond donors (Lipinski definition) is 1. The fourth-order valence-electron chi connectivity index (χ4n) is 2.58. The number of amides is 1. The molecule has 0 unspecified atom stereocenters. The van der Waals surface area contributed by atoms with Crippen molar-refractivity contribution in [3.8, 4) is 5.75 Å². The van der Waals surface area contributed by atoms with Crippen molar-refractivity contribution in [2.75, 3.05) is 19.4 Å². The smallest absolute Gasteiger partial charge is 0.230 e. The zero-order valence-electron chi connectivity index (χ0n) is 14.1. The van der Waals surface area contributed by atoms with E-state index < -0.39 is 0 Å². The Morgan fingerprint density at radius 3 is 2.72 bits per heavy atom. The zero-order chi connectivity index (χ0) is 17.5. The molecule has 1 heterocycles. The molecule has 0 fully saturated rings. The second-order valence-corrected chi connectivity index (χ2v) is 6.61. The number of aromatic nitrogens is 1. The summed E-state index contributed by atoms with van der Waals surface area (Å²) >= 11 is 1.52. The van der Waals surface area contributed by atoms with Gasteiger partial charge in [-0.2, -0.15) is 0 Å². The third-order valence-electron chi connectivity index (χ3n) is 3.86. The van der Waals surface area contributed by atoms with Gasteiger partial charge in [0.15, 0.2) is 0 Å². The number of carbonyl (C=O) groups is 1. The molecule has 1 aromatic heterocycles. The number of ether oxygens (including phenoxy) is 1. The first-order chi connectivity index (χ1) is 12.3. The summed E-state index contributed by atoms with van der Waals surface area (Å²) in [7, 11) is 1.64. The topological polar surface area (TPSA) is 51.2 Å². The van der Waals surface area contributed by atoms with Gasteiger partial charge in [0.2, 0.25) is 5.91 Å². The Kier molecular flexibility index (Phi) is 5.90. The maximum atomic E-state index is 12.0. The number of para-hydroxylation sites is 1. The van der Waals surface area contributed by atoms with Gasteiger partial charge in [-0.3, -0.25) is 9.78 Å². The minimum Gasteiger partial charge on any atom is -0.497 e. The molecule has 25 heavy (non-hydrogen) atoms. The van der Waals surface area contributed by atoms with Gasteiger partial charge >= 0.3 is 0 Å². The molecule has 0 spiro atoms. The van der Waals surface area contributed by atoms with Crippen molar-refractivity contribution in [2.45, 2.75) is 11.3 Å². The number of nitrogens with zero attached hydrogens (tertiary/aromatic N) is 1. The van der Waals surface area contributed by atoms with E-state index in [1.54, 1.807) is 13.3 Å². The van der Waals surface area contributed by atoms with Crippen LogP contribution in [0.2, 0.25) is 0 Å². The third-order valence-corrected chi connectivity index (χ3v) is 4.87. The lowest BCUT2D eigenvalue weighted by molar-refractivity contribution is -0.118. The van der Waals surface area contributed by atoms with Crippen molar-refractivity contribution >= 4 is 28.6 Å². The summed E-state index contributed by atoms with van der Waals surface area (Å²) in [6, 6.07) is 17.8. The molecule has 1 N–H and O–H groups in total. The van der Waals surface area contributed by atoms with Crippen molar-refractivity contribution in [1.82, 2.24) is 10.3 Å². The van der Waals surface area contributed by atoms with E-state index in [9.17, 15) is 4.79 Å². The van der Waals surface area contributed by atoms with E-state index in [1.807, 2.05) is 36.4 Å². The van der Waals surface area contributed by atoms with Crippen LogP contribution in [0.25, 0.3) is 10.9 Å². The van der Waals surface area contributed by atoms with Crippen LogP contribution in [0, 0.1) is 0 Å². The van der Waals surface area contributed by atoms with E-state index in [0.29, 0.717) is 12.3 Å². The molecule has 0 aliphatic carbocycles. The second kappa shape index (κ2) is 8.53. The van der Waals surface area contributed by atoms with Crippen LogP contribution < -0.4 is 10.1 Å². The molecule has 0 aliphatic heterocycles. The number of rotatable bonds is 7. The molecule has 128 valence electrons. The fourth-order valence-corrected chi connectivity index (χ4v) is 3.31. The van der Waals surface area contributed by atoms with Gasteiger partial charge in [0, 0.05) is 23.0 Å². The average Bonchev–Trinajstić information content (AvgIpc) is 2.67. The SMILES string of the molecule is COc1ccc(SCC(=O)NCCc2cccc3cccnc23)cc1. The molecule has 5 heteroatoms. The molecule has 0 saturated heterocycles. The molecule has 0 saturated carbocycles. The van der Waals surface area contributed by atoms with E-state index in [1.165, 1.54) is 11.8 Å². The highest BCUT2D eigenvalue weighted by Crippen LogP contribution is 2.21. The number of carbonyl (C=O) groups excluding carboxylic acids is 1. The summed E-state index contributed by atoms with van der Waals surface area (Å²) in [6.07, 6.45) is 2.57. The zero-order valence-corrected chi connectivity index (χ0v) is 14.9. The lowest BCUT2D eigenvalue weighted by Crippen LogP contribution is -2.27. The number of pyridine rings is 1. The summed E-state index contributed by atoms with van der Waals surface area (Å²) in [5, 5.41) is 4.10. The number of thioether (sulfide) groups is 1. The number of benzene rings is 2. The standard InChI is InChI=1S/C20H20N2O2S/c1-24-17-7-9-18(10-8-17)25-14-19(23)21-13-11-16-5-2-4-15-6-3-12-22-20(15)16/h2-10,12H,11,13-14H2,1H3,(H,21,23). The maximum absolute atomic E-state index is 12.0. The molecule has 3 aromatic rings. The first-order valence-electron chi connectivity index (χ1n) is 8.12. The molecule has 2 aromatic carbocycles. The Balaban J connectivity index is 1.47. The average molecular weight is 352 g/mol. The van der Waals surface area contributed by atoms with E-state index in [0.717, 1.165) is 33.5 Å². The van der Waals surface area contributed by atoms with E-state index >= 15 is 0 Å². The molecule has 0 radical (unpaired) electrons. The normalized spacial score (nSPS) is 10.6. The van der Waals surface area contributed by atoms with Crippen molar-refractivity contribution in [1.29, 1.82) is 0 Å². The highest BCUT2D eigenvalue weighted by molar-refractivity contribution is 8.00. The maximum Gasteiger partial charge on any atom is 0.230 e. The van der Waals surface area contributed by atoms with E-state index in [2.05, 4.69) is 28.5 Å². The Labute approximate surface area is 151 Å². The monoisotopic (exact) mass is 352 g/mol. The van der Waals surface area contributed by atoms with Crippen molar-refractivity contribution in [2.24, 2.45) is 0 Å². The summed E-state index contributed by atoms with van der Waals surface area (Å²) in [5.74, 6) is 1.26. The van der Waals surface area contributed by atoms with Crippen molar-refractivity contribution < 1.29 is 9.53 Å². The van der Waals surface area contributed by atoms with Crippen LogP contribution in [-0.2, 0) is 11.2 Å². The van der Waals surface area contributed by atoms with Gasteiger partial charge in [-0.25, -0.2) is 0 Å². The van der Waals surface area contributed by atoms with Crippen molar-refractivity contribution in [3.05, 3.63) is 66.4 Å². The summed E-state index contributed by atoms with van der Waals surface area (Å²) in [5.41, 5.74) is 2.16. The molecule has 0 atom stereocenters. The lowest BCUT2D eigenvalue weighted by atomic mass is 10.1. The third kappa shape index (κ3) is 4.73. The van der Waals surface area contributed by atoms with Gasteiger partial charge < -0.3 is 10.1 Å². The minimum absolute atomic E-state index is 0.0361. The first kappa shape index (κ1) is 17.3. The number of hydrogen-bond acceptors (Lipinski definition) is 4. The summed E-state index contributed by atoms with van der Waals surface area (Å²) < 4.78 is 5.13. The fraction of sp³-hybridized carbons (Fsp3) is 0.200. The predicted octanol–water partition coefficient (Wildman–Crippen LogP) is 3.69. The molecule has 4 nitrogen and oxygen atoms in total. The number of methoxy groups -OCH3 is 1. The van der Waals surface area contributed by atoms with Crippen LogP contribution in [0.5, 0.6) is 5.75 Å². The van der Waals surface area contributed by atoms with E-state index in [-0.39, 0.29) is 5.91 Å². The van der Waals surface area contributed by atoms with Crippen LogP contribution in [0.15, 0.2) is 65.7 Å². The van der Waals surface area contributed by atoms with Crippen LogP contribution >= 0.6 is 11.8 Å². The van der Waals surface area contributed by atoms with Gasteiger partial charge in [-0.05, 0) is 42.3 Å². The quantitative estimate of drug-likeness (QED) is 0.659. The highest BCUT2D eigenvalue weighted by Gasteiger charge is 2.05. The molecule has 3 rings (SSSR count). The van der Waals surface area contributed by atoms with Crippen LogP contribution in [-0.4, -0.2) is 30.3 Å². The Morgan fingerprint density at radius 2 is 1.92 bits per heavy atom. The number of fused-ring (bicyclic) bond motifs is 1. The summed E-state index contributed by atoms with van der Waals surface area (Å²) in [6.45, 7) is 0.609. The minimum atomic E-state index is 0.0361. The Hall–Kier alpha value is -2.53. The van der Waals surface area contributed by atoms with Gasteiger partial charge in [0.1, 0.15) is 5.75 Å². The van der Waals surface area contributed by atoms with Crippen LogP contribution in [0.4, 0.5) is 0 Å². The molecule has 0 bridgehead atoms. The molecular formula is C20H20N2O2S. The predicted molar refractivity (Wildman–Crippen MR) is 102 cm³/mol. The Bertz CT molecular complexity index is 844. The molecule has 1 amide bonds. The lowest BCUT2D eigenvalue weighted by Gasteiger charge is -2.08. The van der Waals surface area contributed by atoms with Gasteiger partial charge in [-0.1, -0.05) is 24.3 Å². The van der Waals surface area contributed by atoms with Crippen LogP contribution in [0.3, 0.4) is 0 Å². The number of nitrogens with one attached hydrogen (secondary N) is 1. The molecular weight excluding hydrogens is 332 g/mol. The van der Waals surface area contributed by atoms with Crippen LogP contribution in [0.1, 0.15) is 5.56 Å². The second-order valence-electron chi connectivity index (χ2n) is 5.56. The molecule has 0 aliphatic rings. The largest absolute Gasteiger partial charge is 0.497 e. The van der Waals surface area contributed by atoms with E-state index in [4.69, 9.17) is 4.74 Å². The first-order valence-corrected chi connectivity index (χ1v) is 9.11. The highest BCUT2D eigenvalue weighted by atomic mass is 32.2. The van der Waals surface area contributed by atoms with Gasteiger partial charge in [0.25, 0.3) is 0 Å². The summed E-state index contributed by atoms with van der Waals surface area (Å²) in [4.78, 5) is 17.5. The van der Waals surface area contributed by atoms with Gasteiger partial charge in [0.05, 0.1) is 18.4 Å².